The lowest BCUT2D eigenvalue weighted by molar-refractivity contribution is 0.157. The smallest absolute Gasteiger partial charge is 0.414 e. The maximum Gasteiger partial charge on any atom is 0.414 e. The molecule has 8 heteroatoms. The third-order valence-corrected chi connectivity index (χ3v) is 4.94. The lowest BCUT2D eigenvalue weighted by atomic mass is 10.1. The first-order valence-electron chi connectivity index (χ1n) is 7.37. The second kappa shape index (κ2) is 7.96. The van der Waals surface area contributed by atoms with Gasteiger partial charge in [-0.1, -0.05) is 63.6 Å². The first-order valence-corrected chi connectivity index (χ1v) is 9.40. The van der Waals surface area contributed by atoms with Gasteiger partial charge in [0.15, 0.2) is 9.93 Å². The maximum atomic E-state index is 12.2. The number of alkyl halides is 1. The van der Waals surface area contributed by atoms with Crippen molar-refractivity contribution in [3.8, 4) is 11.3 Å². The number of nitrogens with one attached hydrogen (secondary N) is 1. The van der Waals surface area contributed by atoms with Gasteiger partial charge in [0, 0.05) is 22.6 Å². The molecular weight excluding hydrogens is 499 g/mol. The highest BCUT2D eigenvalue weighted by Crippen LogP contribution is 2.28. The Bertz CT molecular complexity index is 868. The van der Waals surface area contributed by atoms with Crippen LogP contribution in [0.4, 0.5) is 10.6 Å². The van der Waals surface area contributed by atoms with Crippen molar-refractivity contribution in [3.63, 3.8) is 0 Å². The minimum Gasteiger partial charge on any atom is -0.430 e. The second-order valence-electron chi connectivity index (χ2n) is 5.17. The Kier molecular flexibility index (Phi) is 5.69. The number of hydrogen-bond acceptors (Lipinski definition) is 4. The number of carbonyl (C=O) groups excluding carboxylic acids is 1. The molecule has 0 unspecified atom stereocenters. The molecule has 3 rings (SSSR count). The Labute approximate surface area is 166 Å². The van der Waals surface area contributed by atoms with E-state index in [0.29, 0.717) is 11.5 Å². The predicted molar refractivity (Wildman–Crippen MR) is 107 cm³/mol. The van der Waals surface area contributed by atoms with Crippen LogP contribution in [0.25, 0.3) is 11.3 Å². The highest BCUT2D eigenvalue weighted by Gasteiger charge is 2.18. The second-order valence-corrected chi connectivity index (χ2v) is 7.22. The summed E-state index contributed by atoms with van der Waals surface area (Å²) in [4.78, 5) is 12.2. The number of anilines is 1. The van der Waals surface area contributed by atoms with Gasteiger partial charge in [0.1, 0.15) is 5.69 Å². The quantitative estimate of drug-likeness (QED) is 0.397. The first-order chi connectivity index (χ1) is 12.0. The van der Waals surface area contributed by atoms with Crippen molar-refractivity contribution in [2.24, 2.45) is 7.05 Å². The van der Waals surface area contributed by atoms with Crippen LogP contribution < -0.4 is 5.32 Å². The first kappa shape index (κ1) is 17.9. The lowest BCUT2D eigenvalue weighted by Crippen LogP contribution is -2.15. The van der Waals surface area contributed by atoms with Crippen molar-refractivity contribution in [1.82, 2.24) is 15.0 Å². The van der Waals surface area contributed by atoms with Gasteiger partial charge in [-0.2, -0.15) is 0 Å². The minimum atomic E-state index is -0.581. The van der Waals surface area contributed by atoms with Gasteiger partial charge in [-0.3, -0.25) is 5.32 Å². The summed E-state index contributed by atoms with van der Waals surface area (Å²) in [6, 6.07) is 17.2. The Balaban J connectivity index is 1.75. The molecule has 0 aliphatic heterocycles. The molecule has 0 aliphatic carbocycles. The number of aromatic nitrogens is 3. The fraction of sp³-hybridized carbons (Fsp3) is 0.118. The normalized spacial score (nSPS) is 11.8. The molecule has 0 spiro atoms. The molecule has 2 aromatic carbocycles. The van der Waals surface area contributed by atoms with Crippen molar-refractivity contribution in [2.45, 2.75) is 4.11 Å². The summed E-state index contributed by atoms with van der Waals surface area (Å²) in [6.07, 6.45) is -0.581. The molecule has 1 aromatic heterocycles. The number of amides is 1. The lowest BCUT2D eigenvalue weighted by Gasteiger charge is -2.12. The van der Waals surface area contributed by atoms with Crippen LogP contribution in [0, 0.1) is 0 Å². The van der Waals surface area contributed by atoms with Gasteiger partial charge < -0.3 is 4.74 Å². The van der Waals surface area contributed by atoms with E-state index in [0.717, 1.165) is 15.6 Å². The Morgan fingerprint density at radius 3 is 2.56 bits per heavy atom. The summed E-state index contributed by atoms with van der Waals surface area (Å²) in [5.41, 5.74) is 2.50. The fourth-order valence-corrected chi connectivity index (χ4v) is 3.18. The zero-order valence-corrected chi connectivity index (χ0v) is 16.9. The molecule has 0 radical (unpaired) electrons. The molecule has 128 valence electrons. The van der Waals surface area contributed by atoms with Crippen LogP contribution in [-0.4, -0.2) is 21.1 Å². The number of carbonyl (C=O) groups is 1. The molecule has 1 atom stereocenters. The molecule has 0 bridgehead atoms. The number of aryl methyl sites for hydroxylation is 1. The van der Waals surface area contributed by atoms with E-state index >= 15 is 0 Å². The molecule has 1 heterocycles. The predicted octanol–water partition coefficient (Wildman–Crippen LogP) is 4.93. The van der Waals surface area contributed by atoms with Crippen LogP contribution >= 0.6 is 38.5 Å². The molecule has 6 nitrogen and oxygen atoms in total. The molecule has 0 aliphatic rings. The minimum absolute atomic E-state index is 0.353. The Morgan fingerprint density at radius 2 is 1.88 bits per heavy atom. The van der Waals surface area contributed by atoms with Crippen LogP contribution in [0.3, 0.4) is 0 Å². The molecule has 1 N–H and O–H groups in total. The average molecular weight is 513 g/mol. The molecule has 3 aromatic rings. The van der Waals surface area contributed by atoms with E-state index in [1.54, 1.807) is 11.7 Å². The van der Waals surface area contributed by atoms with Gasteiger partial charge in [0.25, 0.3) is 0 Å². The number of benzene rings is 2. The molecule has 0 saturated carbocycles. The van der Waals surface area contributed by atoms with Crippen molar-refractivity contribution >= 4 is 50.4 Å². The molecule has 1 amide bonds. The maximum absolute atomic E-state index is 12.2. The summed E-state index contributed by atoms with van der Waals surface area (Å²) in [7, 11) is 1.77. The summed E-state index contributed by atoms with van der Waals surface area (Å²) in [5.74, 6) is 0.353. The van der Waals surface area contributed by atoms with Crippen LogP contribution in [0.2, 0.25) is 0 Å². The number of rotatable bonds is 4. The summed E-state index contributed by atoms with van der Waals surface area (Å²) in [5, 5.41) is 10.7. The number of hydrogen-bond donors (Lipinski definition) is 1. The van der Waals surface area contributed by atoms with E-state index in [2.05, 4.69) is 54.1 Å². The third-order valence-electron chi connectivity index (χ3n) is 3.44. The standard InChI is InChI=1S/C17H14BrIN4O2/c1-23-14(11-7-9-13(18)10-8-11)16(21-22-23)20-17(24)25-15(19)12-5-3-2-4-6-12/h2-10,15H,1H3,(H,20,24)/t15-/m0/s1. The van der Waals surface area contributed by atoms with Gasteiger partial charge in [-0.15, -0.1) is 5.10 Å². The van der Waals surface area contributed by atoms with Crippen LogP contribution in [0.5, 0.6) is 0 Å². The molecule has 25 heavy (non-hydrogen) atoms. The SMILES string of the molecule is Cn1nnc(NC(=O)O[C@H](I)c2ccccc2)c1-c1ccc(Br)cc1. The van der Waals surface area contributed by atoms with Crippen molar-refractivity contribution in [1.29, 1.82) is 0 Å². The van der Waals surface area contributed by atoms with Crippen LogP contribution in [-0.2, 0) is 11.8 Å². The highest BCUT2D eigenvalue weighted by molar-refractivity contribution is 14.1. The van der Waals surface area contributed by atoms with Gasteiger partial charge in [-0.05, 0) is 34.7 Å². The number of nitrogens with zero attached hydrogens (tertiary/aromatic N) is 3. The van der Waals surface area contributed by atoms with Gasteiger partial charge >= 0.3 is 6.09 Å². The summed E-state index contributed by atoms with van der Waals surface area (Å²) in [6.45, 7) is 0. The van der Waals surface area contributed by atoms with E-state index in [-0.39, 0.29) is 0 Å². The average Bonchev–Trinajstić information content (AvgIpc) is 2.96. The summed E-state index contributed by atoms with van der Waals surface area (Å²) < 4.78 is 7.59. The fourth-order valence-electron chi connectivity index (χ4n) is 2.27. The zero-order chi connectivity index (χ0) is 17.8. The van der Waals surface area contributed by atoms with E-state index in [9.17, 15) is 4.79 Å². The largest absolute Gasteiger partial charge is 0.430 e. The number of halogens is 2. The van der Waals surface area contributed by atoms with Crippen molar-refractivity contribution in [3.05, 3.63) is 64.6 Å². The van der Waals surface area contributed by atoms with Crippen molar-refractivity contribution < 1.29 is 9.53 Å². The topological polar surface area (TPSA) is 69.0 Å². The summed E-state index contributed by atoms with van der Waals surface area (Å²) >= 11 is 5.47. The number of ether oxygens (including phenoxy) is 1. The van der Waals surface area contributed by atoms with Crippen LogP contribution in [0.1, 0.15) is 9.67 Å². The van der Waals surface area contributed by atoms with Gasteiger partial charge in [0.2, 0.25) is 0 Å². The Hall–Kier alpha value is -1.94. The molecule has 0 saturated heterocycles. The van der Waals surface area contributed by atoms with Crippen molar-refractivity contribution in [2.75, 3.05) is 5.32 Å². The zero-order valence-electron chi connectivity index (χ0n) is 13.2. The van der Waals surface area contributed by atoms with E-state index in [1.807, 2.05) is 54.6 Å². The highest BCUT2D eigenvalue weighted by atomic mass is 127. The van der Waals surface area contributed by atoms with Crippen LogP contribution in [0.15, 0.2) is 59.1 Å². The monoisotopic (exact) mass is 512 g/mol. The third kappa shape index (κ3) is 4.37. The van der Waals surface area contributed by atoms with E-state index in [4.69, 9.17) is 4.74 Å². The molecular formula is C17H14BrIN4O2. The Morgan fingerprint density at radius 1 is 1.20 bits per heavy atom. The molecule has 0 fully saturated rings. The van der Waals surface area contributed by atoms with E-state index < -0.39 is 10.2 Å². The van der Waals surface area contributed by atoms with E-state index in [1.165, 1.54) is 0 Å². The van der Waals surface area contributed by atoms with Gasteiger partial charge in [0.05, 0.1) is 0 Å². The van der Waals surface area contributed by atoms with Gasteiger partial charge in [-0.25, -0.2) is 9.48 Å².